The predicted octanol–water partition coefficient (Wildman–Crippen LogP) is 0.625. The maximum atomic E-state index is 12.7. The number of hydrogen-bond acceptors (Lipinski definition) is 4. The van der Waals surface area contributed by atoms with E-state index in [0.29, 0.717) is 5.75 Å². The summed E-state index contributed by atoms with van der Waals surface area (Å²) in [6.45, 7) is -0.734. The summed E-state index contributed by atoms with van der Waals surface area (Å²) in [5, 5.41) is 12.9. The molecule has 0 saturated heterocycles. The fourth-order valence-electron chi connectivity index (χ4n) is 1.30. The zero-order valence-corrected chi connectivity index (χ0v) is 11.9. The molecule has 0 fully saturated rings. The molecule has 1 rings (SSSR count). The minimum atomic E-state index is -1.15. The zero-order valence-electron chi connectivity index (χ0n) is 11.1. The third-order valence-corrected chi connectivity index (χ3v) is 3.31. The van der Waals surface area contributed by atoms with Crippen LogP contribution in [0.5, 0.6) is 0 Å². The first kappa shape index (κ1) is 17.0. The lowest BCUT2D eigenvalue weighted by Gasteiger charge is -2.05. The van der Waals surface area contributed by atoms with E-state index in [2.05, 4.69) is 10.6 Å². The average molecular weight is 314 g/mol. The van der Waals surface area contributed by atoms with Gasteiger partial charge < -0.3 is 15.7 Å². The molecule has 0 aromatic heterocycles. The van der Waals surface area contributed by atoms with Crippen LogP contribution in [0.15, 0.2) is 29.2 Å². The maximum Gasteiger partial charge on any atom is 0.322 e. The Labute approximate surface area is 125 Å². The highest BCUT2D eigenvalue weighted by molar-refractivity contribution is 7.99. The maximum absolute atomic E-state index is 12.7. The summed E-state index contributed by atoms with van der Waals surface area (Å²) in [5.74, 6) is -1.84. The molecule has 114 valence electrons. The fraction of sp³-hybridized carbons (Fsp3) is 0.308. The Morgan fingerprint density at radius 1 is 1.05 bits per heavy atom. The van der Waals surface area contributed by atoms with Gasteiger partial charge in [-0.05, 0) is 24.3 Å². The number of rotatable bonds is 8. The molecule has 1 aromatic rings. The van der Waals surface area contributed by atoms with Crippen LogP contribution < -0.4 is 10.6 Å². The molecule has 6 nitrogen and oxygen atoms in total. The van der Waals surface area contributed by atoms with E-state index in [9.17, 15) is 18.8 Å². The van der Waals surface area contributed by atoms with Gasteiger partial charge in [0.05, 0.1) is 6.54 Å². The predicted molar refractivity (Wildman–Crippen MR) is 75.4 cm³/mol. The second-order valence-electron chi connectivity index (χ2n) is 4.00. The van der Waals surface area contributed by atoms with Crippen LogP contribution in [0.25, 0.3) is 0 Å². The smallest absolute Gasteiger partial charge is 0.322 e. The van der Waals surface area contributed by atoms with Crippen LogP contribution in [-0.2, 0) is 14.4 Å². The number of carbonyl (C=O) groups excluding carboxylic acids is 2. The van der Waals surface area contributed by atoms with Crippen LogP contribution in [0, 0.1) is 5.82 Å². The number of carboxylic acids is 1. The van der Waals surface area contributed by atoms with E-state index in [1.165, 1.54) is 23.9 Å². The van der Waals surface area contributed by atoms with Gasteiger partial charge in [-0.3, -0.25) is 14.4 Å². The summed E-state index contributed by atoms with van der Waals surface area (Å²) in [7, 11) is 0. The Morgan fingerprint density at radius 3 is 2.29 bits per heavy atom. The highest BCUT2D eigenvalue weighted by Gasteiger charge is 2.07. The number of amides is 2. The molecule has 0 unspecified atom stereocenters. The molecule has 0 radical (unpaired) electrons. The number of halogens is 1. The number of hydrogen-bond donors (Lipinski definition) is 3. The summed E-state index contributed by atoms with van der Waals surface area (Å²) >= 11 is 1.40. The van der Waals surface area contributed by atoms with Crippen molar-refractivity contribution in [3.05, 3.63) is 30.1 Å². The van der Waals surface area contributed by atoms with E-state index >= 15 is 0 Å². The van der Waals surface area contributed by atoms with Gasteiger partial charge >= 0.3 is 5.97 Å². The number of carboxylic acid groups (broad SMARTS) is 1. The number of carbonyl (C=O) groups is 3. The molecule has 8 heteroatoms. The van der Waals surface area contributed by atoms with Gasteiger partial charge in [0.25, 0.3) is 0 Å². The number of benzene rings is 1. The molecule has 0 atom stereocenters. The van der Waals surface area contributed by atoms with Crippen molar-refractivity contribution in [3.8, 4) is 0 Å². The van der Waals surface area contributed by atoms with E-state index < -0.39 is 18.4 Å². The summed E-state index contributed by atoms with van der Waals surface area (Å²) in [5.41, 5.74) is 0. The molecule has 0 aliphatic heterocycles. The van der Waals surface area contributed by atoms with Gasteiger partial charge in [0.15, 0.2) is 0 Å². The molecule has 0 heterocycles. The van der Waals surface area contributed by atoms with Crippen LogP contribution in [-0.4, -0.2) is 41.7 Å². The first-order valence-corrected chi connectivity index (χ1v) is 7.09. The topological polar surface area (TPSA) is 95.5 Å². The van der Waals surface area contributed by atoms with Crippen molar-refractivity contribution >= 4 is 29.5 Å². The van der Waals surface area contributed by atoms with E-state index in [4.69, 9.17) is 5.11 Å². The van der Waals surface area contributed by atoms with Crippen LogP contribution in [0.2, 0.25) is 0 Å². The molecule has 21 heavy (non-hydrogen) atoms. The first-order chi connectivity index (χ1) is 9.97. The Hall–Kier alpha value is -2.09. The minimum Gasteiger partial charge on any atom is -0.480 e. The Balaban J connectivity index is 2.15. The van der Waals surface area contributed by atoms with E-state index in [0.717, 1.165) is 4.90 Å². The quantitative estimate of drug-likeness (QED) is 0.612. The Kier molecular flexibility index (Phi) is 7.24. The van der Waals surface area contributed by atoms with Gasteiger partial charge in [-0.2, -0.15) is 0 Å². The Morgan fingerprint density at radius 2 is 1.67 bits per heavy atom. The summed E-state index contributed by atoms with van der Waals surface area (Å²) < 4.78 is 12.7. The lowest BCUT2D eigenvalue weighted by molar-refractivity contribution is -0.137. The summed E-state index contributed by atoms with van der Waals surface area (Å²) in [6.07, 6.45) is 0.203. The molecule has 1 aromatic carbocycles. The van der Waals surface area contributed by atoms with Crippen LogP contribution in [0.4, 0.5) is 4.39 Å². The number of aliphatic carboxylic acids is 1. The molecule has 0 spiro atoms. The molecule has 0 aliphatic carbocycles. The lowest BCUT2D eigenvalue weighted by atomic mass is 10.4. The van der Waals surface area contributed by atoms with Gasteiger partial charge in [-0.25, -0.2) is 4.39 Å². The molecule has 0 saturated carbocycles. The van der Waals surface area contributed by atoms with Crippen molar-refractivity contribution in [1.29, 1.82) is 0 Å². The van der Waals surface area contributed by atoms with Crippen molar-refractivity contribution in [3.63, 3.8) is 0 Å². The van der Waals surface area contributed by atoms with E-state index in [1.54, 1.807) is 12.1 Å². The average Bonchev–Trinajstić information content (AvgIpc) is 2.45. The van der Waals surface area contributed by atoms with E-state index in [1.807, 2.05) is 0 Å². The second-order valence-corrected chi connectivity index (χ2v) is 5.17. The third-order valence-electron chi connectivity index (χ3n) is 2.29. The highest BCUT2D eigenvalue weighted by Crippen LogP contribution is 2.18. The molecular weight excluding hydrogens is 299 g/mol. The van der Waals surface area contributed by atoms with Crippen LogP contribution in [0.3, 0.4) is 0 Å². The van der Waals surface area contributed by atoms with Crippen molar-refractivity contribution in [1.82, 2.24) is 10.6 Å². The van der Waals surface area contributed by atoms with Crippen LogP contribution in [0.1, 0.15) is 6.42 Å². The fourth-order valence-corrected chi connectivity index (χ4v) is 2.15. The number of thioether (sulfide) groups is 1. The second kappa shape index (κ2) is 8.96. The van der Waals surface area contributed by atoms with Crippen molar-refractivity contribution in [2.45, 2.75) is 11.3 Å². The molecule has 2 amide bonds. The zero-order chi connectivity index (χ0) is 15.7. The number of nitrogens with one attached hydrogen (secondary N) is 2. The summed E-state index contributed by atoms with van der Waals surface area (Å²) in [4.78, 5) is 33.7. The highest BCUT2D eigenvalue weighted by atomic mass is 32.2. The normalized spacial score (nSPS) is 9.95. The standard InChI is InChI=1S/C13H15FN2O4S/c14-9-1-3-10(4-2-9)21-6-5-11(17)15-7-12(18)16-8-13(19)20/h1-4H,5-8H2,(H,15,17)(H,16,18)(H,19,20). The van der Waals surface area contributed by atoms with Crippen molar-refractivity contribution in [2.24, 2.45) is 0 Å². The van der Waals surface area contributed by atoms with Gasteiger partial charge in [0.2, 0.25) is 11.8 Å². The first-order valence-electron chi connectivity index (χ1n) is 6.11. The third kappa shape index (κ3) is 7.93. The van der Waals surface area contributed by atoms with E-state index in [-0.39, 0.29) is 24.7 Å². The SMILES string of the molecule is O=C(O)CNC(=O)CNC(=O)CCSc1ccc(F)cc1. The molecule has 0 aliphatic rings. The van der Waals surface area contributed by atoms with Crippen LogP contribution >= 0.6 is 11.8 Å². The van der Waals surface area contributed by atoms with Crippen molar-refractivity contribution in [2.75, 3.05) is 18.8 Å². The summed E-state index contributed by atoms with van der Waals surface area (Å²) in [6, 6.07) is 5.93. The molecule has 0 bridgehead atoms. The van der Waals surface area contributed by atoms with Gasteiger partial charge in [-0.1, -0.05) is 0 Å². The minimum absolute atomic E-state index is 0.203. The lowest BCUT2D eigenvalue weighted by Crippen LogP contribution is -2.39. The molecular formula is C13H15FN2O4S. The largest absolute Gasteiger partial charge is 0.480 e. The van der Waals surface area contributed by atoms with Gasteiger partial charge in [0, 0.05) is 17.1 Å². The van der Waals surface area contributed by atoms with Gasteiger partial charge in [0.1, 0.15) is 12.4 Å². The van der Waals surface area contributed by atoms with Gasteiger partial charge in [-0.15, -0.1) is 11.8 Å². The molecule has 3 N–H and O–H groups in total. The monoisotopic (exact) mass is 314 g/mol. The van der Waals surface area contributed by atoms with Crippen molar-refractivity contribution < 1.29 is 23.9 Å². The Bertz CT molecular complexity index is 507.